The largest absolute Gasteiger partial charge is 0.382 e. The van der Waals surface area contributed by atoms with Crippen LogP contribution in [-0.2, 0) is 23.3 Å². The molecule has 16 heavy (non-hydrogen) atoms. The standard InChI is InChI=1S/C8H18BO5PS/c1-11-4-5-6(14-15(3,10)16)7(12-2)8(9)13-5/h5-8H,4,9H2,1-3H3,(H,10,16)/t5-,6?,7+,8-,15?/m1/s1. The lowest BCUT2D eigenvalue weighted by Crippen LogP contribution is -2.37. The van der Waals surface area contributed by atoms with Crippen molar-refractivity contribution in [1.29, 1.82) is 0 Å². The molecule has 94 valence electrons. The fraction of sp³-hybridized carbons (Fsp3) is 1.00. The molecule has 0 radical (unpaired) electrons. The highest BCUT2D eigenvalue weighted by molar-refractivity contribution is 8.46. The average molecular weight is 268 g/mol. The first kappa shape index (κ1) is 14.5. The molecule has 0 aromatic carbocycles. The first-order valence-corrected chi connectivity index (χ1v) is 8.27. The molecule has 1 fully saturated rings. The summed E-state index contributed by atoms with van der Waals surface area (Å²) in [4.78, 5) is 0. The summed E-state index contributed by atoms with van der Waals surface area (Å²) in [6.45, 7) is -1.04. The Bertz CT molecular complexity index is 273. The number of rotatable bonds is 5. The van der Waals surface area contributed by atoms with Crippen molar-refractivity contribution in [3.8, 4) is 0 Å². The summed E-state index contributed by atoms with van der Waals surface area (Å²) in [7, 11) is 5.05. The molecule has 1 rings (SSSR count). The molecule has 0 spiro atoms. The van der Waals surface area contributed by atoms with Gasteiger partial charge in [-0.05, 0) is 0 Å². The molecule has 8 heteroatoms. The van der Waals surface area contributed by atoms with Crippen LogP contribution in [0.4, 0.5) is 0 Å². The molecule has 0 bridgehead atoms. The molecule has 1 heterocycles. The van der Waals surface area contributed by atoms with E-state index in [0.29, 0.717) is 6.61 Å². The molecule has 0 saturated carbocycles. The summed E-state index contributed by atoms with van der Waals surface area (Å²) in [6.07, 6.45) is -0.931. The SMILES string of the molecule is B[C@@H]1O[C@H](COC)C(OP(C)(=O)S)[C@@H]1OC. The van der Waals surface area contributed by atoms with E-state index in [-0.39, 0.29) is 18.2 Å². The summed E-state index contributed by atoms with van der Waals surface area (Å²) in [5, 5.41) is 0. The number of ether oxygens (including phenoxy) is 3. The van der Waals surface area contributed by atoms with Crippen molar-refractivity contribution in [3.05, 3.63) is 0 Å². The van der Waals surface area contributed by atoms with E-state index in [9.17, 15) is 4.57 Å². The van der Waals surface area contributed by atoms with Gasteiger partial charge in [-0.2, -0.15) is 0 Å². The Labute approximate surface area is 102 Å². The van der Waals surface area contributed by atoms with Crippen LogP contribution in [0.5, 0.6) is 0 Å². The van der Waals surface area contributed by atoms with Crippen molar-refractivity contribution in [1.82, 2.24) is 0 Å². The Kier molecular flexibility index (Phi) is 5.36. The number of methoxy groups -OCH3 is 2. The van der Waals surface area contributed by atoms with Gasteiger partial charge in [-0.3, -0.25) is 4.57 Å². The van der Waals surface area contributed by atoms with E-state index in [1.165, 1.54) is 6.66 Å². The molecule has 5 nitrogen and oxygen atoms in total. The minimum Gasteiger partial charge on any atom is -0.382 e. The molecule has 1 aliphatic rings. The van der Waals surface area contributed by atoms with E-state index >= 15 is 0 Å². The minimum atomic E-state index is -2.87. The lowest BCUT2D eigenvalue weighted by Gasteiger charge is -2.24. The smallest absolute Gasteiger partial charge is 0.252 e. The summed E-state index contributed by atoms with van der Waals surface area (Å²) in [5.41, 5.74) is 0. The van der Waals surface area contributed by atoms with E-state index in [1.54, 1.807) is 14.2 Å². The summed E-state index contributed by atoms with van der Waals surface area (Å²) in [6, 6.07) is -0.116. The maximum Gasteiger partial charge on any atom is 0.252 e. The third-order valence-electron chi connectivity index (χ3n) is 2.46. The molecule has 0 aliphatic carbocycles. The lowest BCUT2D eigenvalue weighted by atomic mass is 9.93. The van der Waals surface area contributed by atoms with Crippen LogP contribution in [0.3, 0.4) is 0 Å². The Hall–Kier alpha value is 0.485. The first-order chi connectivity index (χ1) is 7.39. The zero-order valence-electron chi connectivity index (χ0n) is 9.95. The molecular weight excluding hydrogens is 250 g/mol. The van der Waals surface area contributed by atoms with E-state index in [0.717, 1.165) is 0 Å². The Morgan fingerprint density at radius 3 is 2.50 bits per heavy atom. The van der Waals surface area contributed by atoms with Gasteiger partial charge in [0, 0.05) is 20.9 Å². The van der Waals surface area contributed by atoms with Crippen molar-refractivity contribution in [2.75, 3.05) is 27.5 Å². The Morgan fingerprint density at radius 1 is 1.44 bits per heavy atom. The second-order valence-electron chi connectivity index (χ2n) is 3.91. The zero-order chi connectivity index (χ0) is 12.3. The molecular formula is C8H18BO5PS. The molecule has 5 atom stereocenters. The summed E-state index contributed by atoms with van der Waals surface area (Å²) >= 11 is 3.93. The third-order valence-corrected chi connectivity index (χ3v) is 3.38. The van der Waals surface area contributed by atoms with Crippen molar-refractivity contribution >= 4 is 26.7 Å². The Morgan fingerprint density at radius 2 is 2.06 bits per heavy atom. The average Bonchev–Trinajstić information content (AvgIpc) is 2.41. The molecule has 0 aromatic heterocycles. The highest BCUT2D eigenvalue weighted by Crippen LogP contribution is 2.50. The topological polar surface area (TPSA) is 54.0 Å². The van der Waals surface area contributed by atoms with Crippen LogP contribution in [0, 0.1) is 0 Å². The summed E-state index contributed by atoms with van der Waals surface area (Å²) in [5.74, 6) is 0. The highest BCUT2D eigenvalue weighted by Gasteiger charge is 2.45. The van der Waals surface area contributed by atoms with Gasteiger partial charge in [-0.15, -0.1) is 0 Å². The predicted molar refractivity (Wildman–Crippen MR) is 67.3 cm³/mol. The number of hydrogen-bond acceptors (Lipinski definition) is 5. The van der Waals surface area contributed by atoms with Crippen LogP contribution < -0.4 is 0 Å². The van der Waals surface area contributed by atoms with Crippen LogP contribution in [0.25, 0.3) is 0 Å². The second-order valence-corrected chi connectivity index (χ2v) is 7.90. The fourth-order valence-corrected chi connectivity index (χ4v) is 2.92. The summed E-state index contributed by atoms with van der Waals surface area (Å²) < 4.78 is 33.0. The molecule has 1 saturated heterocycles. The van der Waals surface area contributed by atoms with Gasteiger partial charge in [0.1, 0.15) is 26.2 Å². The maximum absolute atomic E-state index is 11.6. The van der Waals surface area contributed by atoms with Crippen molar-refractivity contribution in [3.63, 3.8) is 0 Å². The van der Waals surface area contributed by atoms with Gasteiger partial charge < -0.3 is 18.7 Å². The van der Waals surface area contributed by atoms with Crippen LogP contribution in [0.2, 0.25) is 0 Å². The number of thiol groups is 1. The fourth-order valence-electron chi connectivity index (χ4n) is 1.89. The van der Waals surface area contributed by atoms with Crippen LogP contribution in [0.1, 0.15) is 0 Å². The van der Waals surface area contributed by atoms with Crippen LogP contribution in [-0.4, -0.2) is 59.7 Å². The van der Waals surface area contributed by atoms with Crippen molar-refractivity contribution in [2.45, 2.75) is 24.3 Å². The van der Waals surface area contributed by atoms with Crippen molar-refractivity contribution < 1.29 is 23.3 Å². The zero-order valence-corrected chi connectivity index (χ0v) is 11.7. The monoisotopic (exact) mass is 268 g/mol. The molecule has 1 aliphatic heterocycles. The van der Waals surface area contributed by atoms with E-state index < -0.39 is 12.7 Å². The van der Waals surface area contributed by atoms with Gasteiger partial charge in [0.05, 0.1) is 12.6 Å². The lowest BCUT2D eigenvalue weighted by molar-refractivity contribution is -0.0112. The molecule has 0 N–H and O–H groups in total. The van der Waals surface area contributed by atoms with E-state index in [4.69, 9.17) is 18.7 Å². The highest BCUT2D eigenvalue weighted by atomic mass is 32.7. The molecule has 0 amide bonds. The normalized spacial score (nSPS) is 38.5. The maximum atomic E-state index is 11.6. The van der Waals surface area contributed by atoms with E-state index in [1.807, 2.05) is 7.85 Å². The van der Waals surface area contributed by atoms with Gasteiger partial charge in [-0.25, -0.2) is 0 Å². The van der Waals surface area contributed by atoms with Gasteiger partial charge in [0.15, 0.2) is 0 Å². The minimum absolute atomic E-state index is 0.116. The quantitative estimate of drug-likeness (QED) is 0.437. The third kappa shape index (κ3) is 3.76. The second kappa shape index (κ2) is 5.89. The first-order valence-electron chi connectivity index (χ1n) is 5.05. The van der Waals surface area contributed by atoms with Gasteiger partial charge in [0.25, 0.3) is 6.57 Å². The Balaban J connectivity index is 2.75. The molecule has 0 aromatic rings. The molecule has 2 unspecified atom stereocenters. The van der Waals surface area contributed by atoms with Gasteiger partial charge >= 0.3 is 0 Å². The number of hydrogen-bond donors (Lipinski definition) is 1. The van der Waals surface area contributed by atoms with E-state index in [2.05, 4.69) is 12.2 Å². The van der Waals surface area contributed by atoms with Crippen molar-refractivity contribution in [2.24, 2.45) is 0 Å². The predicted octanol–water partition coefficient (Wildman–Crippen LogP) is 0.144. The van der Waals surface area contributed by atoms with Crippen LogP contribution in [0.15, 0.2) is 0 Å². The van der Waals surface area contributed by atoms with Gasteiger partial charge in [0.2, 0.25) is 0 Å². The van der Waals surface area contributed by atoms with Crippen LogP contribution >= 0.6 is 18.8 Å². The van der Waals surface area contributed by atoms with Gasteiger partial charge in [-0.1, -0.05) is 12.2 Å².